The van der Waals surface area contributed by atoms with Crippen LogP contribution in [0.1, 0.15) is 36.0 Å². The molecule has 0 aliphatic heterocycles. The van der Waals surface area contributed by atoms with Gasteiger partial charge in [-0.05, 0) is 44.2 Å². The Bertz CT molecular complexity index is 458. The van der Waals surface area contributed by atoms with Gasteiger partial charge in [-0.3, -0.25) is 4.79 Å². The summed E-state index contributed by atoms with van der Waals surface area (Å²) in [6.07, 6.45) is 3.53. The fraction of sp³-hybridized carbons (Fsp3) is 0.562. The molecule has 0 heterocycles. The summed E-state index contributed by atoms with van der Waals surface area (Å²) in [4.78, 5) is 12.0. The van der Waals surface area contributed by atoms with E-state index >= 15 is 0 Å². The highest BCUT2D eigenvalue weighted by molar-refractivity contribution is 5.83. The Morgan fingerprint density at radius 2 is 2.11 bits per heavy atom. The highest BCUT2D eigenvalue weighted by Crippen LogP contribution is 2.40. The zero-order chi connectivity index (χ0) is 13.9. The molecule has 2 rings (SSSR count). The van der Waals surface area contributed by atoms with Crippen LogP contribution in [0.5, 0.6) is 0 Å². The fourth-order valence-electron chi connectivity index (χ4n) is 2.63. The fourth-order valence-corrected chi connectivity index (χ4v) is 2.63. The third-order valence-corrected chi connectivity index (χ3v) is 4.28. The molecular formula is C16H23NO2. The average molecular weight is 261 g/mol. The van der Waals surface area contributed by atoms with Crippen LogP contribution in [0.25, 0.3) is 0 Å². The van der Waals surface area contributed by atoms with Crippen molar-refractivity contribution in [3.05, 3.63) is 34.9 Å². The summed E-state index contributed by atoms with van der Waals surface area (Å²) < 4.78 is 0. The largest absolute Gasteiger partial charge is 0.395 e. The number of benzene rings is 1. The van der Waals surface area contributed by atoms with Gasteiger partial charge in [0.15, 0.2) is 0 Å². The lowest BCUT2D eigenvalue weighted by atomic mass is 9.68. The first kappa shape index (κ1) is 14.1. The Morgan fingerprint density at radius 1 is 1.37 bits per heavy atom. The van der Waals surface area contributed by atoms with E-state index in [4.69, 9.17) is 0 Å². The van der Waals surface area contributed by atoms with Gasteiger partial charge < -0.3 is 10.4 Å². The summed E-state index contributed by atoms with van der Waals surface area (Å²) in [7, 11) is 0. The van der Waals surface area contributed by atoms with Gasteiger partial charge in [-0.15, -0.1) is 0 Å². The first-order valence-corrected chi connectivity index (χ1v) is 7.03. The molecule has 0 radical (unpaired) electrons. The summed E-state index contributed by atoms with van der Waals surface area (Å²) in [6.45, 7) is 4.79. The first-order valence-electron chi connectivity index (χ1n) is 7.03. The normalized spacial score (nSPS) is 16.8. The second-order valence-corrected chi connectivity index (χ2v) is 5.73. The zero-order valence-corrected chi connectivity index (χ0v) is 11.8. The van der Waals surface area contributed by atoms with Crippen molar-refractivity contribution in [1.29, 1.82) is 0 Å². The molecule has 0 unspecified atom stereocenters. The molecule has 3 heteroatoms. The topological polar surface area (TPSA) is 49.3 Å². The van der Waals surface area contributed by atoms with Gasteiger partial charge in [-0.1, -0.05) is 30.2 Å². The smallest absolute Gasteiger partial charge is 0.228 e. The van der Waals surface area contributed by atoms with Crippen LogP contribution in [0.2, 0.25) is 0 Å². The Balaban J connectivity index is 1.86. The molecule has 0 saturated heterocycles. The van der Waals surface area contributed by atoms with Gasteiger partial charge in [0.25, 0.3) is 0 Å². The van der Waals surface area contributed by atoms with E-state index in [1.165, 1.54) is 16.7 Å². The van der Waals surface area contributed by atoms with Crippen molar-refractivity contribution in [1.82, 2.24) is 5.32 Å². The number of aliphatic hydroxyl groups excluding tert-OH is 1. The minimum absolute atomic E-state index is 0.0200. The maximum atomic E-state index is 12.0. The third-order valence-electron chi connectivity index (χ3n) is 4.28. The van der Waals surface area contributed by atoms with E-state index in [1.807, 2.05) is 0 Å². The second kappa shape index (κ2) is 5.74. The molecule has 104 valence electrons. The molecule has 0 aromatic heterocycles. The van der Waals surface area contributed by atoms with Gasteiger partial charge in [0.1, 0.15) is 0 Å². The quantitative estimate of drug-likeness (QED) is 0.853. The zero-order valence-electron chi connectivity index (χ0n) is 11.8. The van der Waals surface area contributed by atoms with E-state index in [2.05, 4.69) is 37.4 Å². The molecule has 19 heavy (non-hydrogen) atoms. The number of amides is 1. The number of rotatable bonds is 5. The van der Waals surface area contributed by atoms with Crippen molar-refractivity contribution in [3.8, 4) is 0 Å². The monoisotopic (exact) mass is 261 g/mol. The van der Waals surface area contributed by atoms with E-state index in [1.54, 1.807) is 0 Å². The van der Waals surface area contributed by atoms with E-state index in [0.29, 0.717) is 6.54 Å². The average Bonchev–Trinajstić information content (AvgIpc) is 2.33. The molecule has 1 aliphatic carbocycles. The van der Waals surface area contributed by atoms with Crippen LogP contribution in [0.4, 0.5) is 0 Å². The van der Waals surface area contributed by atoms with Crippen LogP contribution in [-0.4, -0.2) is 24.2 Å². The maximum Gasteiger partial charge on any atom is 0.228 e. The Hall–Kier alpha value is -1.35. The molecule has 0 atom stereocenters. The van der Waals surface area contributed by atoms with Crippen molar-refractivity contribution in [3.63, 3.8) is 0 Å². The molecule has 1 aromatic carbocycles. The number of nitrogens with one attached hydrogen (secondary N) is 1. The van der Waals surface area contributed by atoms with Crippen molar-refractivity contribution < 1.29 is 9.90 Å². The maximum absolute atomic E-state index is 12.0. The molecule has 0 spiro atoms. The molecule has 1 aliphatic rings. The predicted molar refractivity (Wildman–Crippen MR) is 76.0 cm³/mol. The molecule has 0 bridgehead atoms. The molecule has 1 fully saturated rings. The molecule has 1 amide bonds. The lowest BCUT2D eigenvalue weighted by Crippen LogP contribution is -2.48. The Labute approximate surface area is 115 Å². The molecular weight excluding hydrogens is 238 g/mol. The van der Waals surface area contributed by atoms with Crippen LogP contribution in [0, 0.1) is 19.3 Å². The Morgan fingerprint density at radius 3 is 2.68 bits per heavy atom. The standard InChI is InChI=1S/C16H23NO2/c1-12-4-5-13(2)14(10-12)6-9-17-15(19)16(11-18)7-3-8-16/h4-5,10,18H,3,6-9,11H2,1-2H3,(H,17,19). The summed E-state index contributed by atoms with van der Waals surface area (Å²) >= 11 is 0. The number of hydrogen-bond acceptors (Lipinski definition) is 2. The molecule has 3 nitrogen and oxygen atoms in total. The van der Waals surface area contributed by atoms with Gasteiger partial charge in [-0.2, -0.15) is 0 Å². The van der Waals surface area contributed by atoms with Gasteiger partial charge in [-0.25, -0.2) is 0 Å². The van der Waals surface area contributed by atoms with Crippen molar-refractivity contribution >= 4 is 5.91 Å². The van der Waals surface area contributed by atoms with E-state index in [9.17, 15) is 9.90 Å². The van der Waals surface area contributed by atoms with Gasteiger partial charge in [0, 0.05) is 6.54 Å². The minimum atomic E-state index is -0.484. The summed E-state index contributed by atoms with van der Waals surface area (Å²) in [5.74, 6) is 0.0200. The van der Waals surface area contributed by atoms with Crippen LogP contribution in [0.3, 0.4) is 0 Å². The lowest BCUT2D eigenvalue weighted by molar-refractivity contribution is -0.139. The predicted octanol–water partition coefficient (Wildman–Crippen LogP) is 2.12. The van der Waals surface area contributed by atoms with Crippen LogP contribution in [0.15, 0.2) is 18.2 Å². The number of hydrogen-bond donors (Lipinski definition) is 2. The van der Waals surface area contributed by atoms with E-state index < -0.39 is 5.41 Å². The van der Waals surface area contributed by atoms with Crippen LogP contribution >= 0.6 is 0 Å². The highest BCUT2D eigenvalue weighted by atomic mass is 16.3. The third kappa shape index (κ3) is 2.98. The van der Waals surface area contributed by atoms with Gasteiger partial charge >= 0.3 is 0 Å². The molecule has 1 aromatic rings. The molecule has 1 saturated carbocycles. The van der Waals surface area contributed by atoms with Crippen LogP contribution < -0.4 is 5.32 Å². The number of carbonyl (C=O) groups excluding carboxylic acids is 1. The Kier molecular flexibility index (Phi) is 4.25. The molecule has 2 N–H and O–H groups in total. The van der Waals surface area contributed by atoms with Crippen molar-refractivity contribution in [2.75, 3.05) is 13.2 Å². The van der Waals surface area contributed by atoms with Crippen LogP contribution in [-0.2, 0) is 11.2 Å². The summed E-state index contributed by atoms with van der Waals surface area (Å²) in [6, 6.07) is 6.40. The summed E-state index contributed by atoms with van der Waals surface area (Å²) in [5.41, 5.74) is 3.31. The first-order chi connectivity index (χ1) is 9.07. The van der Waals surface area contributed by atoms with Crippen molar-refractivity contribution in [2.45, 2.75) is 39.5 Å². The number of aliphatic hydroxyl groups is 1. The lowest BCUT2D eigenvalue weighted by Gasteiger charge is -2.38. The number of carbonyl (C=O) groups is 1. The highest BCUT2D eigenvalue weighted by Gasteiger charge is 2.43. The van der Waals surface area contributed by atoms with E-state index in [0.717, 1.165) is 25.7 Å². The minimum Gasteiger partial charge on any atom is -0.395 e. The second-order valence-electron chi connectivity index (χ2n) is 5.73. The SMILES string of the molecule is Cc1ccc(C)c(CCNC(=O)C2(CO)CCC2)c1. The number of aryl methyl sites for hydroxylation is 2. The van der Waals surface area contributed by atoms with E-state index in [-0.39, 0.29) is 12.5 Å². The van der Waals surface area contributed by atoms with Gasteiger partial charge in [0.2, 0.25) is 5.91 Å². The van der Waals surface area contributed by atoms with Crippen molar-refractivity contribution in [2.24, 2.45) is 5.41 Å². The van der Waals surface area contributed by atoms with Gasteiger partial charge in [0.05, 0.1) is 12.0 Å². The summed E-state index contributed by atoms with van der Waals surface area (Å²) in [5, 5.41) is 12.3.